The normalized spacial score (nSPS) is 13.5. The fraction of sp³-hybridized carbons (Fsp3) is 0.0526. The van der Waals surface area contributed by atoms with Crippen molar-refractivity contribution in [2.24, 2.45) is 4.99 Å². The molecule has 0 aliphatic carbocycles. The number of allylic oxidation sites excluding steroid dienone is 1. The number of nitrogens with zero attached hydrogens (tertiary/aromatic N) is 2. The molecule has 6 nitrogen and oxygen atoms in total. The molecule has 0 saturated carbocycles. The number of H-pyrrole nitrogens is 1. The highest BCUT2D eigenvalue weighted by Gasteiger charge is 2.27. The summed E-state index contributed by atoms with van der Waals surface area (Å²) in [7, 11) is 0. The minimum atomic E-state index is -0.289. The molecule has 0 bridgehead atoms. The molecule has 2 aromatic carbocycles. The van der Waals surface area contributed by atoms with E-state index in [1.54, 1.807) is 24.4 Å². The van der Waals surface area contributed by atoms with Gasteiger partial charge in [0.2, 0.25) is 0 Å². The van der Waals surface area contributed by atoms with Crippen LogP contribution in [-0.4, -0.2) is 21.6 Å². The van der Waals surface area contributed by atoms with E-state index in [0.29, 0.717) is 39.4 Å². The predicted octanol–water partition coefficient (Wildman–Crippen LogP) is 1.81. The van der Waals surface area contributed by atoms with E-state index in [2.05, 4.69) is 21.5 Å². The van der Waals surface area contributed by atoms with E-state index in [0.717, 1.165) is 5.56 Å². The van der Waals surface area contributed by atoms with Gasteiger partial charge in [-0.2, -0.15) is 0 Å². The SMILES string of the molecule is C=C(C)c1nc2cc3c(cc2[nH]c1=O)N=C(c1ccccc1)C(=O)[NH2+]3. The van der Waals surface area contributed by atoms with Crippen LogP contribution >= 0.6 is 0 Å². The average molecular weight is 331 g/mol. The fourth-order valence-electron chi connectivity index (χ4n) is 2.83. The molecule has 1 aliphatic heterocycles. The number of benzene rings is 2. The monoisotopic (exact) mass is 331 g/mol. The van der Waals surface area contributed by atoms with Crippen molar-refractivity contribution in [2.75, 3.05) is 0 Å². The van der Waals surface area contributed by atoms with E-state index in [1.807, 2.05) is 30.3 Å². The summed E-state index contributed by atoms with van der Waals surface area (Å²) < 4.78 is 0. The number of fused-ring (bicyclic) bond motifs is 2. The number of hydrogen-bond acceptors (Lipinski definition) is 4. The van der Waals surface area contributed by atoms with Crippen molar-refractivity contribution in [1.29, 1.82) is 0 Å². The summed E-state index contributed by atoms with van der Waals surface area (Å²) in [6.45, 7) is 5.50. The van der Waals surface area contributed by atoms with Gasteiger partial charge < -0.3 is 4.98 Å². The maximum absolute atomic E-state index is 12.4. The Kier molecular flexibility index (Phi) is 3.40. The van der Waals surface area contributed by atoms with Crippen LogP contribution in [0, 0.1) is 0 Å². The summed E-state index contributed by atoms with van der Waals surface area (Å²) in [6.07, 6.45) is 0. The second-order valence-corrected chi connectivity index (χ2v) is 5.96. The van der Waals surface area contributed by atoms with Gasteiger partial charge in [-0.3, -0.25) is 4.79 Å². The number of amides is 1. The highest BCUT2D eigenvalue weighted by atomic mass is 16.2. The number of nitrogens with one attached hydrogen (secondary N) is 1. The Labute approximate surface area is 143 Å². The van der Waals surface area contributed by atoms with Gasteiger partial charge in [-0.05, 0) is 18.6 Å². The topological polar surface area (TPSA) is 91.8 Å². The molecule has 4 rings (SSSR count). The first-order chi connectivity index (χ1) is 12.0. The number of aromatic amines is 1. The first-order valence-electron chi connectivity index (χ1n) is 7.80. The van der Waals surface area contributed by atoms with E-state index < -0.39 is 0 Å². The first-order valence-corrected chi connectivity index (χ1v) is 7.80. The number of quaternary nitrogens is 1. The molecular formula is C19H15N4O2+. The van der Waals surface area contributed by atoms with Crippen molar-refractivity contribution in [3.63, 3.8) is 0 Å². The summed E-state index contributed by atoms with van der Waals surface area (Å²) in [6, 6.07) is 12.8. The zero-order valence-electron chi connectivity index (χ0n) is 13.5. The number of carbonyl (C=O) groups excluding carboxylic acids is 1. The number of nitrogens with two attached hydrogens (primary N) is 1. The Bertz CT molecular complexity index is 1130. The van der Waals surface area contributed by atoms with Crippen molar-refractivity contribution in [2.45, 2.75) is 6.92 Å². The Balaban J connectivity index is 1.91. The van der Waals surface area contributed by atoms with Crippen LogP contribution in [0.2, 0.25) is 0 Å². The van der Waals surface area contributed by atoms with Crippen LogP contribution in [0.4, 0.5) is 11.4 Å². The number of aliphatic imine (C=N–C) groups is 1. The van der Waals surface area contributed by atoms with E-state index >= 15 is 0 Å². The summed E-state index contributed by atoms with van der Waals surface area (Å²) in [5.74, 6) is -0.150. The van der Waals surface area contributed by atoms with Crippen LogP contribution in [0.3, 0.4) is 0 Å². The minimum absolute atomic E-state index is 0.150. The number of rotatable bonds is 2. The molecule has 6 heteroatoms. The molecule has 0 saturated heterocycles. The van der Waals surface area contributed by atoms with Gasteiger partial charge >= 0.3 is 5.91 Å². The third-order valence-electron chi connectivity index (χ3n) is 4.04. The summed E-state index contributed by atoms with van der Waals surface area (Å²) in [4.78, 5) is 36.2. The van der Waals surface area contributed by atoms with Crippen molar-refractivity contribution in [3.05, 3.63) is 70.7 Å². The van der Waals surface area contributed by atoms with Gasteiger partial charge in [0.15, 0.2) is 11.4 Å². The van der Waals surface area contributed by atoms with Crippen LogP contribution < -0.4 is 10.9 Å². The first kappa shape index (κ1) is 15.2. The minimum Gasteiger partial charge on any atom is -0.319 e. The third-order valence-corrected chi connectivity index (χ3v) is 4.04. The van der Waals surface area contributed by atoms with Crippen LogP contribution in [0.5, 0.6) is 0 Å². The lowest BCUT2D eigenvalue weighted by atomic mass is 10.1. The van der Waals surface area contributed by atoms with Crippen molar-refractivity contribution < 1.29 is 10.1 Å². The average Bonchev–Trinajstić information content (AvgIpc) is 2.60. The van der Waals surface area contributed by atoms with Crippen LogP contribution in [0.25, 0.3) is 16.6 Å². The maximum atomic E-state index is 12.4. The molecular weight excluding hydrogens is 316 g/mol. The van der Waals surface area contributed by atoms with Crippen LogP contribution in [0.1, 0.15) is 18.2 Å². The quantitative estimate of drug-likeness (QED) is 0.702. The summed E-state index contributed by atoms with van der Waals surface area (Å²) >= 11 is 0. The second kappa shape index (κ2) is 5.61. The van der Waals surface area contributed by atoms with Crippen LogP contribution in [-0.2, 0) is 4.79 Å². The molecule has 0 fully saturated rings. The molecule has 1 amide bonds. The van der Waals surface area contributed by atoms with Crippen molar-refractivity contribution in [3.8, 4) is 0 Å². The number of aromatic nitrogens is 2. The second-order valence-electron chi connectivity index (χ2n) is 5.96. The number of primary amides is 1. The van der Waals surface area contributed by atoms with Gasteiger partial charge in [0.25, 0.3) is 5.56 Å². The maximum Gasteiger partial charge on any atom is 0.366 e. The molecule has 0 radical (unpaired) electrons. The number of carbonyl (C=O) groups is 1. The Morgan fingerprint density at radius 1 is 1.16 bits per heavy atom. The fourth-order valence-corrected chi connectivity index (χ4v) is 2.83. The Morgan fingerprint density at radius 2 is 1.92 bits per heavy atom. The van der Waals surface area contributed by atoms with Gasteiger partial charge in [-0.15, -0.1) is 0 Å². The van der Waals surface area contributed by atoms with E-state index in [4.69, 9.17) is 0 Å². The molecule has 0 atom stereocenters. The van der Waals surface area contributed by atoms with Crippen molar-refractivity contribution in [1.82, 2.24) is 9.97 Å². The zero-order chi connectivity index (χ0) is 17.6. The molecule has 3 N–H and O–H groups in total. The molecule has 1 aromatic heterocycles. The lowest BCUT2D eigenvalue weighted by Gasteiger charge is -2.13. The highest BCUT2D eigenvalue weighted by molar-refractivity contribution is 6.43. The van der Waals surface area contributed by atoms with E-state index in [-0.39, 0.29) is 11.5 Å². The van der Waals surface area contributed by atoms with E-state index in [1.165, 1.54) is 0 Å². The molecule has 2 heterocycles. The summed E-state index contributed by atoms with van der Waals surface area (Å²) in [5.41, 5.74) is 4.24. The van der Waals surface area contributed by atoms with Gasteiger partial charge in [-0.25, -0.2) is 20.1 Å². The Morgan fingerprint density at radius 3 is 2.64 bits per heavy atom. The third kappa shape index (κ3) is 2.58. The van der Waals surface area contributed by atoms with Crippen molar-refractivity contribution >= 4 is 39.6 Å². The van der Waals surface area contributed by atoms with Gasteiger partial charge in [-0.1, -0.05) is 36.9 Å². The molecule has 25 heavy (non-hydrogen) atoms. The smallest absolute Gasteiger partial charge is 0.319 e. The highest BCUT2D eigenvalue weighted by Crippen LogP contribution is 2.28. The Hall–Kier alpha value is -3.38. The molecule has 0 spiro atoms. The van der Waals surface area contributed by atoms with Gasteiger partial charge in [0.05, 0.1) is 11.0 Å². The molecule has 1 aliphatic rings. The van der Waals surface area contributed by atoms with E-state index in [9.17, 15) is 9.59 Å². The lowest BCUT2D eigenvalue weighted by Crippen LogP contribution is -2.85. The van der Waals surface area contributed by atoms with Crippen LogP contribution in [0.15, 0.2) is 58.8 Å². The molecule has 122 valence electrons. The lowest BCUT2D eigenvalue weighted by molar-refractivity contribution is -0.475. The molecule has 0 unspecified atom stereocenters. The van der Waals surface area contributed by atoms with Gasteiger partial charge in [0, 0.05) is 11.6 Å². The summed E-state index contributed by atoms with van der Waals surface area (Å²) in [5, 5.41) is 1.55. The predicted molar refractivity (Wildman–Crippen MR) is 96.3 cm³/mol. The number of hydrogen-bond donors (Lipinski definition) is 2. The standard InChI is InChI=1S/C19H14N4O2/c1-10(2)16-18(24)22-14-9-13-15(8-12(14)20-16)23-19(25)17(21-13)11-6-4-3-5-7-11/h3-9H,1H2,2H3,(H,22,24)(H,23,25)/p+1. The zero-order valence-corrected chi connectivity index (χ0v) is 13.5. The molecule has 3 aromatic rings. The van der Waals surface area contributed by atoms with Gasteiger partial charge in [0.1, 0.15) is 11.4 Å². The largest absolute Gasteiger partial charge is 0.366 e.